The number of anilines is 1. The molecule has 1 aromatic carbocycles. The van der Waals surface area contributed by atoms with Crippen molar-refractivity contribution in [2.45, 2.75) is 18.9 Å². The minimum atomic E-state index is 0.492. The van der Waals surface area contributed by atoms with E-state index >= 15 is 0 Å². The largest absolute Gasteiger partial charge is 0.364 e. The van der Waals surface area contributed by atoms with Crippen molar-refractivity contribution < 1.29 is 0 Å². The van der Waals surface area contributed by atoms with E-state index in [0.29, 0.717) is 6.04 Å². The third-order valence-electron chi connectivity index (χ3n) is 3.41. The number of rotatable bonds is 2. The first-order valence-electron chi connectivity index (χ1n) is 6.17. The van der Waals surface area contributed by atoms with Crippen molar-refractivity contribution in [3.05, 3.63) is 60.4 Å². The van der Waals surface area contributed by atoms with Gasteiger partial charge in [-0.05, 0) is 36.6 Å². The Labute approximate surface area is 102 Å². The molecule has 1 aliphatic heterocycles. The molecule has 0 bridgehead atoms. The van der Waals surface area contributed by atoms with Crippen LogP contribution in [0, 0.1) is 0 Å². The van der Waals surface area contributed by atoms with Crippen LogP contribution in [-0.4, -0.2) is 11.5 Å². The number of benzene rings is 1. The minimum Gasteiger partial charge on any atom is -0.364 e. The second-order valence-electron chi connectivity index (χ2n) is 4.47. The summed E-state index contributed by atoms with van der Waals surface area (Å²) < 4.78 is 0. The van der Waals surface area contributed by atoms with Crippen LogP contribution in [-0.2, 0) is 0 Å². The monoisotopic (exact) mass is 224 g/mol. The number of nitrogens with zero attached hydrogens (tertiary/aromatic N) is 2. The molecule has 2 aromatic rings. The van der Waals surface area contributed by atoms with Gasteiger partial charge in [-0.2, -0.15) is 0 Å². The highest BCUT2D eigenvalue weighted by atomic mass is 15.2. The van der Waals surface area contributed by atoms with E-state index < -0.39 is 0 Å². The Morgan fingerprint density at radius 1 is 1.06 bits per heavy atom. The van der Waals surface area contributed by atoms with Gasteiger partial charge in [-0.1, -0.05) is 24.3 Å². The van der Waals surface area contributed by atoms with E-state index in [4.69, 9.17) is 0 Å². The molecular formula is C15H16N2. The summed E-state index contributed by atoms with van der Waals surface area (Å²) in [7, 11) is 0. The Hall–Kier alpha value is -1.83. The predicted octanol–water partition coefficient (Wildman–Crippen LogP) is 3.42. The van der Waals surface area contributed by atoms with Gasteiger partial charge in [-0.25, -0.2) is 0 Å². The topological polar surface area (TPSA) is 16.1 Å². The van der Waals surface area contributed by atoms with E-state index in [-0.39, 0.29) is 0 Å². The van der Waals surface area contributed by atoms with Gasteiger partial charge in [-0.3, -0.25) is 4.98 Å². The van der Waals surface area contributed by atoms with E-state index in [1.807, 2.05) is 18.5 Å². The lowest BCUT2D eigenvalue weighted by Gasteiger charge is -2.26. The lowest BCUT2D eigenvalue weighted by Crippen LogP contribution is -2.22. The first-order valence-corrected chi connectivity index (χ1v) is 6.17. The maximum atomic E-state index is 4.23. The first-order chi connectivity index (χ1) is 8.45. The molecule has 1 saturated heterocycles. The lowest BCUT2D eigenvalue weighted by molar-refractivity contribution is 0.715. The Morgan fingerprint density at radius 2 is 1.94 bits per heavy atom. The van der Waals surface area contributed by atoms with Crippen molar-refractivity contribution in [1.29, 1.82) is 0 Å². The third kappa shape index (κ3) is 2.03. The van der Waals surface area contributed by atoms with Crippen LogP contribution in [0.15, 0.2) is 54.9 Å². The highest BCUT2D eigenvalue weighted by Crippen LogP contribution is 2.35. The molecule has 0 saturated carbocycles. The fourth-order valence-electron chi connectivity index (χ4n) is 2.61. The zero-order valence-electron chi connectivity index (χ0n) is 9.79. The molecule has 0 spiro atoms. The minimum absolute atomic E-state index is 0.492. The number of aromatic nitrogens is 1. The van der Waals surface area contributed by atoms with E-state index in [1.165, 1.54) is 24.1 Å². The van der Waals surface area contributed by atoms with Crippen LogP contribution < -0.4 is 4.90 Å². The van der Waals surface area contributed by atoms with Crippen molar-refractivity contribution in [2.75, 3.05) is 11.4 Å². The molecule has 1 fully saturated rings. The summed E-state index contributed by atoms with van der Waals surface area (Å²) >= 11 is 0. The fourth-order valence-corrected chi connectivity index (χ4v) is 2.61. The summed E-state index contributed by atoms with van der Waals surface area (Å²) in [5, 5.41) is 0. The number of hydrogen-bond donors (Lipinski definition) is 0. The molecule has 3 rings (SSSR count). The van der Waals surface area contributed by atoms with Gasteiger partial charge < -0.3 is 4.90 Å². The Balaban J connectivity index is 1.91. The predicted molar refractivity (Wildman–Crippen MR) is 70.0 cm³/mol. The van der Waals surface area contributed by atoms with Gasteiger partial charge in [0.1, 0.15) is 0 Å². The van der Waals surface area contributed by atoms with Crippen molar-refractivity contribution in [3.63, 3.8) is 0 Å². The van der Waals surface area contributed by atoms with Crippen molar-refractivity contribution >= 4 is 5.69 Å². The third-order valence-corrected chi connectivity index (χ3v) is 3.41. The molecule has 1 aliphatic rings. The van der Waals surface area contributed by atoms with E-state index in [1.54, 1.807) is 0 Å². The lowest BCUT2D eigenvalue weighted by atomic mass is 10.1. The zero-order chi connectivity index (χ0) is 11.5. The maximum absolute atomic E-state index is 4.23. The molecule has 0 aliphatic carbocycles. The van der Waals surface area contributed by atoms with Crippen LogP contribution in [0.1, 0.15) is 24.4 Å². The van der Waals surface area contributed by atoms with Crippen molar-refractivity contribution in [1.82, 2.24) is 4.98 Å². The van der Waals surface area contributed by atoms with Gasteiger partial charge in [0.15, 0.2) is 0 Å². The van der Waals surface area contributed by atoms with Gasteiger partial charge in [0.2, 0.25) is 0 Å². The van der Waals surface area contributed by atoms with Gasteiger partial charge in [0, 0.05) is 24.6 Å². The standard InChI is InChI=1S/C15H16N2/c1-2-7-14(8-3-1)17-11-5-9-15(17)13-6-4-10-16-12-13/h1-4,6-8,10,12,15H,5,9,11H2. The SMILES string of the molecule is c1ccc(N2CCCC2c2cccnc2)cc1. The molecule has 1 aromatic heterocycles. The molecule has 2 heterocycles. The van der Waals surface area contributed by atoms with Crippen LogP contribution in [0.5, 0.6) is 0 Å². The number of para-hydroxylation sites is 1. The van der Waals surface area contributed by atoms with E-state index in [9.17, 15) is 0 Å². The summed E-state index contributed by atoms with van der Waals surface area (Å²) in [4.78, 5) is 6.71. The van der Waals surface area contributed by atoms with Crippen molar-refractivity contribution in [3.8, 4) is 0 Å². The zero-order valence-corrected chi connectivity index (χ0v) is 9.79. The molecular weight excluding hydrogens is 208 g/mol. The number of hydrogen-bond acceptors (Lipinski definition) is 2. The van der Waals surface area contributed by atoms with Crippen LogP contribution in [0.3, 0.4) is 0 Å². The second kappa shape index (κ2) is 4.58. The van der Waals surface area contributed by atoms with Gasteiger partial charge >= 0.3 is 0 Å². The van der Waals surface area contributed by atoms with Crippen molar-refractivity contribution in [2.24, 2.45) is 0 Å². The van der Waals surface area contributed by atoms with Gasteiger partial charge in [0.25, 0.3) is 0 Å². The fraction of sp³-hybridized carbons (Fsp3) is 0.267. The Morgan fingerprint density at radius 3 is 2.71 bits per heavy atom. The molecule has 0 amide bonds. The highest BCUT2D eigenvalue weighted by Gasteiger charge is 2.25. The normalized spacial score (nSPS) is 19.5. The Bertz CT molecular complexity index is 421. The van der Waals surface area contributed by atoms with Crippen LogP contribution in [0.4, 0.5) is 5.69 Å². The average Bonchev–Trinajstić information content (AvgIpc) is 2.90. The summed E-state index contributed by atoms with van der Waals surface area (Å²) in [6, 6.07) is 15.4. The molecule has 2 heteroatoms. The maximum Gasteiger partial charge on any atom is 0.0558 e. The summed E-state index contributed by atoms with van der Waals surface area (Å²) in [5.41, 5.74) is 2.65. The average molecular weight is 224 g/mol. The van der Waals surface area contributed by atoms with Crippen LogP contribution in [0.25, 0.3) is 0 Å². The quantitative estimate of drug-likeness (QED) is 0.777. The van der Waals surface area contributed by atoms with Gasteiger partial charge in [0.05, 0.1) is 6.04 Å². The molecule has 17 heavy (non-hydrogen) atoms. The highest BCUT2D eigenvalue weighted by molar-refractivity contribution is 5.49. The van der Waals surface area contributed by atoms with E-state index in [2.05, 4.69) is 46.3 Å². The number of pyridine rings is 1. The summed E-state index contributed by atoms with van der Waals surface area (Å²) in [6.07, 6.45) is 6.31. The molecule has 0 radical (unpaired) electrons. The molecule has 0 N–H and O–H groups in total. The van der Waals surface area contributed by atoms with Crippen LogP contribution in [0.2, 0.25) is 0 Å². The Kier molecular flexibility index (Phi) is 2.78. The second-order valence-corrected chi connectivity index (χ2v) is 4.47. The van der Waals surface area contributed by atoms with Crippen LogP contribution >= 0.6 is 0 Å². The molecule has 1 unspecified atom stereocenters. The smallest absolute Gasteiger partial charge is 0.0558 e. The molecule has 86 valence electrons. The molecule has 1 atom stereocenters. The molecule has 2 nitrogen and oxygen atoms in total. The first kappa shape index (κ1) is 10.3. The van der Waals surface area contributed by atoms with Gasteiger partial charge in [-0.15, -0.1) is 0 Å². The van der Waals surface area contributed by atoms with E-state index in [0.717, 1.165) is 6.54 Å². The summed E-state index contributed by atoms with van der Waals surface area (Å²) in [5.74, 6) is 0. The summed E-state index contributed by atoms with van der Waals surface area (Å²) in [6.45, 7) is 1.14.